The summed E-state index contributed by atoms with van der Waals surface area (Å²) in [5.74, 6) is 1.85. The molecule has 27 heavy (non-hydrogen) atoms. The van der Waals surface area contributed by atoms with Crippen molar-refractivity contribution in [2.45, 2.75) is 26.7 Å². The molecule has 0 atom stereocenters. The van der Waals surface area contributed by atoms with Gasteiger partial charge < -0.3 is 15.2 Å². The molecule has 0 bridgehead atoms. The first-order valence-electron chi connectivity index (χ1n) is 8.92. The van der Waals surface area contributed by atoms with Crippen LogP contribution in [-0.4, -0.2) is 45.7 Å². The molecule has 0 aromatic carbocycles. The normalized spacial score (nSPS) is 11.6. The summed E-state index contributed by atoms with van der Waals surface area (Å²) in [5.41, 5.74) is 0.677. The van der Waals surface area contributed by atoms with Crippen LogP contribution in [0.25, 0.3) is 11.6 Å². The number of rotatable bonds is 8. The standard InChI is InChI=1S/C18H23N7OS/c1-3-19-18(22-11-8-16-23-12-13(2)27-16)21-10-7-15-24-17(26-25-15)14-6-4-5-9-20-14/h4-6,9,12H,3,7-8,10-11H2,1-2H3,(H2,19,21,22). The van der Waals surface area contributed by atoms with Gasteiger partial charge in [0.1, 0.15) is 5.69 Å². The van der Waals surface area contributed by atoms with E-state index in [1.54, 1.807) is 17.5 Å². The van der Waals surface area contributed by atoms with Crippen LogP contribution in [0.15, 0.2) is 40.1 Å². The summed E-state index contributed by atoms with van der Waals surface area (Å²) in [7, 11) is 0. The van der Waals surface area contributed by atoms with Crippen LogP contribution in [0.4, 0.5) is 0 Å². The summed E-state index contributed by atoms with van der Waals surface area (Å²) in [5, 5.41) is 11.7. The van der Waals surface area contributed by atoms with Gasteiger partial charge in [-0.25, -0.2) is 4.98 Å². The zero-order chi connectivity index (χ0) is 18.9. The fourth-order valence-corrected chi connectivity index (χ4v) is 3.14. The molecule has 0 spiro atoms. The Hall–Kier alpha value is -2.81. The molecule has 0 radical (unpaired) electrons. The van der Waals surface area contributed by atoms with Crippen molar-refractivity contribution in [2.24, 2.45) is 4.99 Å². The molecule has 9 heteroatoms. The van der Waals surface area contributed by atoms with Gasteiger partial charge in [-0.1, -0.05) is 11.2 Å². The van der Waals surface area contributed by atoms with Crippen LogP contribution in [0.5, 0.6) is 0 Å². The second-order valence-electron chi connectivity index (χ2n) is 5.78. The van der Waals surface area contributed by atoms with Gasteiger partial charge in [0.15, 0.2) is 11.8 Å². The Labute approximate surface area is 162 Å². The van der Waals surface area contributed by atoms with Crippen molar-refractivity contribution >= 4 is 17.3 Å². The Bertz CT molecular complexity index is 859. The average Bonchev–Trinajstić information content (AvgIpc) is 3.32. The molecule has 3 rings (SSSR count). The molecule has 3 heterocycles. The first-order valence-corrected chi connectivity index (χ1v) is 9.73. The fraction of sp³-hybridized carbons (Fsp3) is 0.389. The summed E-state index contributed by atoms with van der Waals surface area (Å²) in [6.07, 6.45) is 5.07. The van der Waals surface area contributed by atoms with Crippen molar-refractivity contribution in [2.75, 3.05) is 19.6 Å². The van der Waals surface area contributed by atoms with E-state index in [9.17, 15) is 0 Å². The van der Waals surface area contributed by atoms with E-state index < -0.39 is 0 Å². The first kappa shape index (κ1) is 19.0. The SMILES string of the molecule is CCNC(=NCCc1ncc(C)s1)NCCc1noc(-c2ccccn2)n1. The summed E-state index contributed by atoms with van der Waals surface area (Å²) < 4.78 is 5.27. The lowest BCUT2D eigenvalue weighted by molar-refractivity contribution is 0.421. The van der Waals surface area contributed by atoms with Crippen molar-refractivity contribution in [1.29, 1.82) is 0 Å². The predicted molar refractivity (Wildman–Crippen MR) is 106 cm³/mol. The number of aromatic nitrogens is 4. The van der Waals surface area contributed by atoms with Gasteiger partial charge in [0.25, 0.3) is 5.89 Å². The number of hydrogen-bond acceptors (Lipinski definition) is 7. The Balaban J connectivity index is 1.48. The van der Waals surface area contributed by atoms with E-state index >= 15 is 0 Å². The summed E-state index contributed by atoms with van der Waals surface area (Å²) in [6, 6.07) is 5.58. The minimum absolute atomic E-state index is 0.435. The van der Waals surface area contributed by atoms with Crippen LogP contribution >= 0.6 is 11.3 Å². The van der Waals surface area contributed by atoms with E-state index in [4.69, 9.17) is 4.52 Å². The quantitative estimate of drug-likeness (QED) is 0.453. The molecular formula is C18H23N7OS. The number of nitrogens with one attached hydrogen (secondary N) is 2. The van der Waals surface area contributed by atoms with Crippen LogP contribution in [0.1, 0.15) is 22.6 Å². The zero-order valence-electron chi connectivity index (χ0n) is 15.5. The topological polar surface area (TPSA) is 101 Å². The molecule has 3 aromatic rings. The number of guanidine groups is 1. The van der Waals surface area contributed by atoms with E-state index in [0.717, 1.165) is 23.9 Å². The van der Waals surface area contributed by atoms with E-state index in [-0.39, 0.29) is 0 Å². The highest BCUT2D eigenvalue weighted by molar-refractivity contribution is 7.11. The van der Waals surface area contributed by atoms with Crippen molar-refractivity contribution in [3.8, 4) is 11.6 Å². The van der Waals surface area contributed by atoms with E-state index in [0.29, 0.717) is 36.9 Å². The molecule has 142 valence electrons. The lowest BCUT2D eigenvalue weighted by Gasteiger charge is -2.10. The summed E-state index contributed by atoms with van der Waals surface area (Å²) in [6.45, 7) is 6.25. The number of pyridine rings is 1. The maximum absolute atomic E-state index is 5.27. The number of nitrogens with zero attached hydrogens (tertiary/aromatic N) is 5. The van der Waals surface area contributed by atoms with Gasteiger partial charge in [-0.3, -0.25) is 9.98 Å². The van der Waals surface area contributed by atoms with Crippen molar-refractivity contribution in [1.82, 2.24) is 30.7 Å². The molecule has 0 aliphatic heterocycles. The third kappa shape index (κ3) is 5.85. The monoisotopic (exact) mass is 385 g/mol. The molecule has 0 saturated heterocycles. The van der Waals surface area contributed by atoms with Crippen LogP contribution in [0, 0.1) is 6.92 Å². The molecule has 2 N–H and O–H groups in total. The van der Waals surface area contributed by atoms with Crippen LogP contribution in [0.3, 0.4) is 0 Å². The van der Waals surface area contributed by atoms with E-state index in [1.165, 1.54) is 4.88 Å². The molecule has 0 saturated carbocycles. The van der Waals surface area contributed by atoms with Gasteiger partial charge >= 0.3 is 0 Å². The molecule has 8 nitrogen and oxygen atoms in total. The minimum Gasteiger partial charge on any atom is -0.357 e. The smallest absolute Gasteiger partial charge is 0.276 e. The first-order chi connectivity index (χ1) is 13.2. The third-order valence-electron chi connectivity index (χ3n) is 3.60. The summed E-state index contributed by atoms with van der Waals surface area (Å²) in [4.78, 5) is 18.8. The highest BCUT2D eigenvalue weighted by Crippen LogP contribution is 2.13. The minimum atomic E-state index is 0.435. The molecule has 0 aliphatic carbocycles. The maximum Gasteiger partial charge on any atom is 0.276 e. The molecular weight excluding hydrogens is 362 g/mol. The van der Waals surface area contributed by atoms with E-state index in [1.807, 2.05) is 31.3 Å². The Morgan fingerprint density at radius 2 is 2.15 bits per heavy atom. The molecule has 0 unspecified atom stereocenters. The van der Waals surface area contributed by atoms with Crippen LogP contribution < -0.4 is 10.6 Å². The van der Waals surface area contributed by atoms with Gasteiger partial charge in [-0.15, -0.1) is 11.3 Å². The summed E-state index contributed by atoms with van der Waals surface area (Å²) >= 11 is 1.72. The van der Waals surface area contributed by atoms with Crippen molar-refractivity contribution < 1.29 is 4.52 Å². The third-order valence-corrected chi connectivity index (χ3v) is 4.57. The highest BCUT2D eigenvalue weighted by Gasteiger charge is 2.09. The second-order valence-corrected chi connectivity index (χ2v) is 7.10. The van der Waals surface area contributed by atoms with Crippen molar-refractivity contribution in [3.63, 3.8) is 0 Å². The lowest BCUT2D eigenvalue weighted by atomic mass is 10.3. The van der Waals surface area contributed by atoms with Gasteiger partial charge in [-0.05, 0) is 26.0 Å². The van der Waals surface area contributed by atoms with Crippen LogP contribution in [-0.2, 0) is 12.8 Å². The van der Waals surface area contributed by atoms with Gasteiger partial charge in [0, 0.05) is 49.7 Å². The number of aryl methyl sites for hydroxylation is 1. The van der Waals surface area contributed by atoms with E-state index in [2.05, 4.69) is 42.7 Å². The fourth-order valence-electron chi connectivity index (χ4n) is 2.36. The second kappa shape index (κ2) is 9.77. The highest BCUT2D eigenvalue weighted by atomic mass is 32.1. The average molecular weight is 385 g/mol. The molecule has 3 aromatic heterocycles. The van der Waals surface area contributed by atoms with Gasteiger partial charge in [0.05, 0.1) is 5.01 Å². The Kier molecular flexibility index (Phi) is 6.86. The largest absolute Gasteiger partial charge is 0.357 e. The molecule has 0 amide bonds. The Morgan fingerprint density at radius 1 is 1.22 bits per heavy atom. The maximum atomic E-state index is 5.27. The number of thiazole rings is 1. The lowest BCUT2D eigenvalue weighted by Crippen LogP contribution is -2.38. The van der Waals surface area contributed by atoms with Gasteiger partial charge in [0.2, 0.25) is 0 Å². The van der Waals surface area contributed by atoms with Gasteiger partial charge in [-0.2, -0.15) is 4.98 Å². The molecule has 0 aliphatic rings. The number of aliphatic imine (C=N–C) groups is 1. The molecule has 0 fully saturated rings. The zero-order valence-corrected chi connectivity index (χ0v) is 16.3. The Morgan fingerprint density at radius 3 is 2.89 bits per heavy atom. The van der Waals surface area contributed by atoms with Crippen molar-refractivity contribution in [3.05, 3.63) is 46.3 Å². The predicted octanol–water partition coefficient (Wildman–Crippen LogP) is 2.24. The number of hydrogen-bond donors (Lipinski definition) is 2. The van der Waals surface area contributed by atoms with Crippen LogP contribution in [0.2, 0.25) is 0 Å².